The first-order chi connectivity index (χ1) is 14.0. The lowest BCUT2D eigenvalue weighted by Crippen LogP contribution is -2.40. The van der Waals surface area contributed by atoms with Gasteiger partial charge in [0.25, 0.3) is 11.8 Å². The zero-order valence-corrected chi connectivity index (χ0v) is 17.0. The van der Waals surface area contributed by atoms with E-state index in [-0.39, 0.29) is 36.7 Å². The van der Waals surface area contributed by atoms with E-state index < -0.39 is 0 Å². The topological polar surface area (TPSA) is 57.7 Å². The van der Waals surface area contributed by atoms with Gasteiger partial charge < -0.3 is 4.90 Å². The zero-order valence-electron chi connectivity index (χ0n) is 17.0. The Bertz CT molecular complexity index is 947. The summed E-state index contributed by atoms with van der Waals surface area (Å²) in [6.07, 6.45) is 3.02. The number of benzene rings is 2. The van der Waals surface area contributed by atoms with E-state index in [1.54, 1.807) is 24.3 Å². The van der Waals surface area contributed by atoms with Crippen LogP contribution in [0, 0.1) is 13.8 Å². The van der Waals surface area contributed by atoms with Crippen molar-refractivity contribution in [3.8, 4) is 0 Å². The first-order valence-electron chi connectivity index (χ1n) is 10.3. The Hall–Kier alpha value is -2.95. The Morgan fingerprint density at radius 3 is 2.41 bits per heavy atom. The SMILES string of the molecule is Cc1ccc(C)c(CC2CCCN2C(=O)CCN2C(=O)c3ccccc3C2=O)c1. The normalized spacial score (nSPS) is 18.5. The van der Waals surface area contributed by atoms with E-state index in [1.165, 1.54) is 21.6 Å². The second-order valence-electron chi connectivity index (χ2n) is 8.07. The van der Waals surface area contributed by atoms with Gasteiger partial charge in [-0.2, -0.15) is 0 Å². The molecule has 1 unspecified atom stereocenters. The Morgan fingerprint density at radius 1 is 1.03 bits per heavy atom. The van der Waals surface area contributed by atoms with Crippen LogP contribution in [0.4, 0.5) is 0 Å². The number of fused-ring (bicyclic) bond motifs is 1. The van der Waals surface area contributed by atoms with Crippen LogP contribution in [0.3, 0.4) is 0 Å². The summed E-state index contributed by atoms with van der Waals surface area (Å²) >= 11 is 0. The Morgan fingerprint density at radius 2 is 1.72 bits per heavy atom. The minimum Gasteiger partial charge on any atom is -0.339 e. The van der Waals surface area contributed by atoms with Gasteiger partial charge in [0.15, 0.2) is 0 Å². The highest BCUT2D eigenvalue weighted by Crippen LogP contribution is 2.26. The number of imide groups is 1. The number of rotatable bonds is 5. The third-order valence-corrected chi connectivity index (χ3v) is 6.09. The van der Waals surface area contributed by atoms with Crippen molar-refractivity contribution in [3.05, 3.63) is 70.3 Å². The Labute approximate surface area is 171 Å². The van der Waals surface area contributed by atoms with Crippen LogP contribution in [0.1, 0.15) is 56.7 Å². The second-order valence-corrected chi connectivity index (χ2v) is 8.07. The molecule has 1 saturated heterocycles. The molecule has 29 heavy (non-hydrogen) atoms. The van der Waals surface area contributed by atoms with Gasteiger partial charge in [-0.05, 0) is 56.4 Å². The van der Waals surface area contributed by atoms with Crippen LogP contribution >= 0.6 is 0 Å². The van der Waals surface area contributed by atoms with Gasteiger partial charge in [0.2, 0.25) is 5.91 Å². The van der Waals surface area contributed by atoms with E-state index in [2.05, 4.69) is 32.0 Å². The van der Waals surface area contributed by atoms with Crippen LogP contribution in [-0.4, -0.2) is 46.7 Å². The van der Waals surface area contributed by atoms with Crippen molar-refractivity contribution in [2.45, 2.75) is 45.6 Å². The summed E-state index contributed by atoms with van der Waals surface area (Å²) in [5, 5.41) is 0. The summed E-state index contributed by atoms with van der Waals surface area (Å²) in [5.74, 6) is -0.576. The highest BCUT2D eigenvalue weighted by atomic mass is 16.2. The molecule has 5 heteroatoms. The minimum absolute atomic E-state index is 0.0226. The average molecular weight is 390 g/mol. The molecule has 1 fully saturated rings. The summed E-state index contributed by atoms with van der Waals surface area (Å²) in [4.78, 5) is 41.1. The molecule has 150 valence electrons. The monoisotopic (exact) mass is 390 g/mol. The molecule has 2 aliphatic rings. The summed E-state index contributed by atoms with van der Waals surface area (Å²) in [5.41, 5.74) is 4.63. The van der Waals surface area contributed by atoms with Gasteiger partial charge in [0.1, 0.15) is 0 Å². The lowest BCUT2D eigenvalue weighted by atomic mass is 9.97. The number of amides is 3. The third kappa shape index (κ3) is 3.69. The molecule has 3 amide bonds. The van der Waals surface area contributed by atoms with E-state index in [4.69, 9.17) is 0 Å². The van der Waals surface area contributed by atoms with Gasteiger partial charge in [0, 0.05) is 25.6 Å². The minimum atomic E-state index is -0.299. The molecule has 2 aliphatic heterocycles. The fraction of sp³-hybridized carbons (Fsp3) is 0.375. The number of hydrogen-bond acceptors (Lipinski definition) is 3. The molecule has 0 bridgehead atoms. The maximum atomic E-state index is 12.9. The van der Waals surface area contributed by atoms with E-state index in [0.29, 0.717) is 11.1 Å². The maximum Gasteiger partial charge on any atom is 0.261 e. The zero-order chi connectivity index (χ0) is 20.5. The number of aryl methyl sites for hydroxylation is 2. The highest BCUT2D eigenvalue weighted by molar-refractivity contribution is 6.21. The van der Waals surface area contributed by atoms with Crippen LogP contribution in [0.2, 0.25) is 0 Å². The number of carbonyl (C=O) groups is 3. The highest BCUT2D eigenvalue weighted by Gasteiger charge is 2.36. The van der Waals surface area contributed by atoms with Gasteiger partial charge in [-0.15, -0.1) is 0 Å². The average Bonchev–Trinajstić information content (AvgIpc) is 3.27. The lowest BCUT2D eigenvalue weighted by molar-refractivity contribution is -0.132. The standard InChI is InChI=1S/C24H26N2O3/c1-16-9-10-17(2)18(14-16)15-19-6-5-12-25(19)22(27)11-13-26-23(28)20-7-3-4-8-21(20)24(26)29/h3-4,7-10,14,19H,5-6,11-13,15H2,1-2H3. The van der Waals surface area contributed by atoms with E-state index in [1.807, 2.05) is 4.90 Å². The van der Waals surface area contributed by atoms with Crippen LogP contribution in [-0.2, 0) is 11.2 Å². The largest absolute Gasteiger partial charge is 0.339 e. The van der Waals surface area contributed by atoms with Crippen LogP contribution in [0.5, 0.6) is 0 Å². The van der Waals surface area contributed by atoms with E-state index in [9.17, 15) is 14.4 Å². The van der Waals surface area contributed by atoms with Crippen LogP contribution in [0.25, 0.3) is 0 Å². The van der Waals surface area contributed by atoms with Gasteiger partial charge in [-0.25, -0.2) is 0 Å². The fourth-order valence-electron chi connectivity index (χ4n) is 4.44. The quantitative estimate of drug-likeness (QED) is 0.734. The van der Waals surface area contributed by atoms with Crippen molar-refractivity contribution >= 4 is 17.7 Å². The molecule has 0 saturated carbocycles. The van der Waals surface area contributed by atoms with Gasteiger partial charge in [0.05, 0.1) is 11.1 Å². The lowest BCUT2D eigenvalue weighted by Gasteiger charge is -2.26. The smallest absolute Gasteiger partial charge is 0.261 e. The summed E-state index contributed by atoms with van der Waals surface area (Å²) in [7, 11) is 0. The molecule has 2 aromatic carbocycles. The van der Waals surface area contributed by atoms with E-state index in [0.717, 1.165) is 25.8 Å². The number of hydrogen-bond donors (Lipinski definition) is 0. The molecule has 0 radical (unpaired) electrons. The Balaban J connectivity index is 1.40. The van der Waals surface area contributed by atoms with Crippen molar-refractivity contribution in [3.63, 3.8) is 0 Å². The molecular formula is C24H26N2O3. The molecule has 2 aromatic rings. The molecular weight excluding hydrogens is 364 g/mol. The van der Waals surface area contributed by atoms with Crippen molar-refractivity contribution in [1.29, 1.82) is 0 Å². The third-order valence-electron chi connectivity index (χ3n) is 6.09. The van der Waals surface area contributed by atoms with Crippen LogP contribution < -0.4 is 0 Å². The molecule has 0 N–H and O–H groups in total. The molecule has 2 heterocycles. The van der Waals surface area contributed by atoms with Gasteiger partial charge in [-0.1, -0.05) is 35.9 Å². The Kier molecular flexibility index (Phi) is 5.22. The van der Waals surface area contributed by atoms with Crippen LogP contribution in [0.15, 0.2) is 42.5 Å². The molecule has 1 atom stereocenters. The molecule has 0 aromatic heterocycles. The van der Waals surface area contributed by atoms with Crippen molar-refractivity contribution < 1.29 is 14.4 Å². The summed E-state index contributed by atoms with van der Waals surface area (Å²) in [6.45, 7) is 5.08. The number of likely N-dealkylation sites (tertiary alicyclic amines) is 1. The predicted molar refractivity (Wildman–Crippen MR) is 111 cm³/mol. The van der Waals surface area contributed by atoms with Gasteiger partial charge >= 0.3 is 0 Å². The first kappa shape index (κ1) is 19.4. The van der Waals surface area contributed by atoms with Crippen molar-refractivity contribution in [2.75, 3.05) is 13.1 Å². The summed E-state index contributed by atoms with van der Waals surface area (Å²) in [6, 6.07) is 13.5. The van der Waals surface area contributed by atoms with Gasteiger partial charge in [-0.3, -0.25) is 19.3 Å². The summed E-state index contributed by atoms with van der Waals surface area (Å²) < 4.78 is 0. The molecule has 0 spiro atoms. The van der Waals surface area contributed by atoms with E-state index >= 15 is 0 Å². The van der Waals surface area contributed by atoms with Crippen molar-refractivity contribution in [2.24, 2.45) is 0 Å². The molecule has 5 nitrogen and oxygen atoms in total. The number of nitrogens with zero attached hydrogens (tertiary/aromatic N) is 2. The second kappa shape index (κ2) is 7.82. The fourth-order valence-corrected chi connectivity index (χ4v) is 4.44. The van der Waals surface area contributed by atoms with Crippen molar-refractivity contribution in [1.82, 2.24) is 9.80 Å². The predicted octanol–water partition coefficient (Wildman–Crippen LogP) is 3.52. The maximum absolute atomic E-state index is 12.9. The molecule has 0 aliphatic carbocycles. The number of carbonyl (C=O) groups excluding carboxylic acids is 3. The molecule has 4 rings (SSSR count). The first-order valence-corrected chi connectivity index (χ1v) is 10.3.